The van der Waals surface area contributed by atoms with Gasteiger partial charge in [-0.1, -0.05) is 12.8 Å². The van der Waals surface area contributed by atoms with Crippen LogP contribution in [-0.2, 0) is 4.74 Å². The van der Waals surface area contributed by atoms with Crippen molar-refractivity contribution in [2.75, 3.05) is 18.5 Å². The molecule has 1 aliphatic rings. The predicted octanol–water partition coefficient (Wildman–Crippen LogP) is 1.89. The highest BCUT2D eigenvalue weighted by molar-refractivity contribution is 5.61. The molecule has 2 aromatic rings. The zero-order chi connectivity index (χ0) is 12.9. The number of fused-ring (bicyclic) bond motifs is 1. The quantitative estimate of drug-likeness (QED) is 0.804. The van der Waals surface area contributed by atoms with E-state index in [-0.39, 0.29) is 0 Å². The molecular formula is C13H19N5O. The summed E-state index contributed by atoms with van der Waals surface area (Å²) in [6, 6.07) is 0. The van der Waals surface area contributed by atoms with Crippen LogP contribution in [-0.4, -0.2) is 38.8 Å². The molecule has 102 valence electrons. The Labute approximate surface area is 112 Å². The smallest absolute Gasteiger partial charge is 0.203 e. The van der Waals surface area contributed by atoms with E-state index in [4.69, 9.17) is 4.74 Å². The molecular weight excluding hydrogens is 242 g/mol. The molecule has 0 unspecified atom stereocenters. The highest BCUT2D eigenvalue weighted by Gasteiger charge is 2.14. The van der Waals surface area contributed by atoms with E-state index in [1.54, 1.807) is 12.5 Å². The Balaban J connectivity index is 1.43. The fraction of sp³-hybridized carbons (Fsp3) is 0.615. The summed E-state index contributed by atoms with van der Waals surface area (Å²) in [4.78, 5) is 4.28. The zero-order valence-corrected chi connectivity index (χ0v) is 11.0. The first kappa shape index (κ1) is 12.3. The molecule has 0 bridgehead atoms. The van der Waals surface area contributed by atoms with Gasteiger partial charge in [0.25, 0.3) is 0 Å². The van der Waals surface area contributed by atoms with Crippen LogP contribution in [0, 0.1) is 0 Å². The average Bonchev–Trinajstić information content (AvgIpc) is 3.09. The van der Waals surface area contributed by atoms with Gasteiger partial charge in [0.2, 0.25) is 5.65 Å². The van der Waals surface area contributed by atoms with E-state index in [0.29, 0.717) is 6.10 Å². The first-order chi connectivity index (χ1) is 9.43. The molecule has 1 saturated carbocycles. The van der Waals surface area contributed by atoms with Gasteiger partial charge >= 0.3 is 0 Å². The Kier molecular flexibility index (Phi) is 3.88. The van der Waals surface area contributed by atoms with Crippen LogP contribution in [0.4, 0.5) is 5.82 Å². The van der Waals surface area contributed by atoms with E-state index in [1.807, 2.05) is 10.6 Å². The van der Waals surface area contributed by atoms with Crippen molar-refractivity contribution in [3.8, 4) is 0 Å². The molecule has 1 N–H and O–H groups in total. The summed E-state index contributed by atoms with van der Waals surface area (Å²) in [6.07, 6.45) is 11.8. The van der Waals surface area contributed by atoms with Crippen molar-refractivity contribution < 1.29 is 4.74 Å². The molecule has 1 fully saturated rings. The second kappa shape index (κ2) is 5.97. The van der Waals surface area contributed by atoms with Crippen molar-refractivity contribution in [1.29, 1.82) is 0 Å². The lowest BCUT2D eigenvalue weighted by atomic mass is 10.3. The molecule has 0 saturated heterocycles. The molecule has 0 amide bonds. The van der Waals surface area contributed by atoms with Crippen molar-refractivity contribution in [3.63, 3.8) is 0 Å². The summed E-state index contributed by atoms with van der Waals surface area (Å²) in [5.74, 6) is 0.779. The molecule has 0 spiro atoms. The van der Waals surface area contributed by atoms with Crippen molar-refractivity contribution >= 4 is 11.5 Å². The summed E-state index contributed by atoms with van der Waals surface area (Å²) in [5.41, 5.74) is 0.763. The predicted molar refractivity (Wildman–Crippen MR) is 72.1 cm³/mol. The summed E-state index contributed by atoms with van der Waals surface area (Å²) in [5, 5.41) is 11.2. The van der Waals surface area contributed by atoms with Crippen molar-refractivity contribution in [2.45, 2.75) is 38.2 Å². The summed E-state index contributed by atoms with van der Waals surface area (Å²) < 4.78 is 7.67. The summed E-state index contributed by atoms with van der Waals surface area (Å²) >= 11 is 0. The maximum atomic E-state index is 5.82. The van der Waals surface area contributed by atoms with Crippen LogP contribution in [0.5, 0.6) is 0 Å². The van der Waals surface area contributed by atoms with Crippen LogP contribution >= 0.6 is 0 Å². The minimum absolute atomic E-state index is 0.498. The number of hydrogen-bond donors (Lipinski definition) is 1. The highest BCUT2D eigenvalue weighted by Crippen LogP contribution is 2.20. The SMILES string of the molecule is c1cn2cnnc2c(NCCCOC2CCCC2)n1. The van der Waals surface area contributed by atoms with Crippen molar-refractivity contribution in [1.82, 2.24) is 19.6 Å². The Morgan fingerprint density at radius 3 is 3.16 bits per heavy atom. The molecule has 2 heterocycles. The van der Waals surface area contributed by atoms with Gasteiger partial charge in [-0.15, -0.1) is 10.2 Å². The normalized spacial score (nSPS) is 16.2. The van der Waals surface area contributed by atoms with E-state index in [0.717, 1.165) is 31.0 Å². The van der Waals surface area contributed by atoms with Crippen LogP contribution < -0.4 is 5.32 Å². The first-order valence-electron chi connectivity index (χ1n) is 6.93. The van der Waals surface area contributed by atoms with E-state index < -0.39 is 0 Å². The number of aromatic nitrogens is 4. The second-order valence-corrected chi connectivity index (χ2v) is 4.90. The van der Waals surface area contributed by atoms with Gasteiger partial charge in [-0.2, -0.15) is 0 Å². The molecule has 3 rings (SSSR count). The third-order valence-corrected chi connectivity index (χ3v) is 3.49. The lowest BCUT2D eigenvalue weighted by Crippen LogP contribution is -2.12. The monoisotopic (exact) mass is 261 g/mol. The minimum atomic E-state index is 0.498. The molecule has 0 aromatic carbocycles. The van der Waals surface area contributed by atoms with Gasteiger partial charge in [0.05, 0.1) is 6.10 Å². The minimum Gasteiger partial charge on any atom is -0.378 e. The standard InChI is InChI=1S/C13H19N5O/c1-2-5-11(4-1)19-9-3-6-14-12-13-17-16-10-18(13)8-7-15-12/h7-8,10-11H,1-6,9H2,(H,14,15). The van der Waals surface area contributed by atoms with Crippen LogP contribution in [0.1, 0.15) is 32.1 Å². The molecule has 0 atom stereocenters. The molecule has 0 aliphatic heterocycles. The number of ether oxygens (including phenoxy) is 1. The van der Waals surface area contributed by atoms with Crippen LogP contribution in [0.2, 0.25) is 0 Å². The molecule has 6 heteroatoms. The van der Waals surface area contributed by atoms with Gasteiger partial charge in [0, 0.05) is 25.5 Å². The molecule has 6 nitrogen and oxygen atoms in total. The number of anilines is 1. The third-order valence-electron chi connectivity index (χ3n) is 3.49. The Bertz CT molecular complexity index is 520. The van der Waals surface area contributed by atoms with Crippen LogP contribution in [0.15, 0.2) is 18.7 Å². The Hall–Kier alpha value is -1.69. The average molecular weight is 261 g/mol. The fourth-order valence-corrected chi connectivity index (χ4v) is 2.47. The van der Waals surface area contributed by atoms with E-state index in [2.05, 4.69) is 20.5 Å². The Morgan fingerprint density at radius 1 is 1.37 bits per heavy atom. The fourth-order valence-electron chi connectivity index (χ4n) is 2.47. The molecule has 1 aliphatic carbocycles. The van der Waals surface area contributed by atoms with Gasteiger partial charge < -0.3 is 10.1 Å². The second-order valence-electron chi connectivity index (χ2n) is 4.90. The van der Waals surface area contributed by atoms with Crippen LogP contribution in [0.25, 0.3) is 5.65 Å². The maximum Gasteiger partial charge on any atom is 0.203 e. The summed E-state index contributed by atoms with van der Waals surface area (Å²) in [6.45, 7) is 1.65. The number of nitrogens with one attached hydrogen (secondary N) is 1. The Morgan fingerprint density at radius 2 is 2.26 bits per heavy atom. The van der Waals surface area contributed by atoms with Gasteiger partial charge in [0.1, 0.15) is 6.33 Å². The number of hydrogen-bond acceptors (Lipinski definition) is 5. The van der Waals surface area contributed by atoms with E-state index >= 15 is 0 Å². The maximum absolute atomic E-state index is 5.82. The molecule has 19 heavy (non-hydrogen) atoms. The van der Waals surface area contributed by atoms with Crippen molar-refractivity contribution in [3.05, 3.63) is 18.7 Å². The lowest BCUT2D eigenvalue weighted by molar-refractivity contribution is 0.0583. The first-order valence-corrected chi connectivity index (χ1v) is 6.93. The topological polar surface area (TPSA) is 64.3 Å². The number of nitrogens with zero attached hydrogens (tertiary/aromatic N) is 4. The molecule has 0 radical (unpaired) electrons. The van der Waals surface area contributed by atoms with Crippen LogP contribution in [0.3, 0.4) is 0 Å². The largest absolute Gasteiger partial charge is 0.378 e. The van der Waals surface area contributed by atoms with E-state index in [1.165, 1.54) is 25.7 Å². The summed E-state index contributed by atoms with van der Waals surface area (Å²) in [7, 11) is 0. The highest BCUT2D eigenvalue weighted by atomic mass is 16.5. The van der Waals surface area contributed by atoms with Gasteiger partial charge in [0.15, 0.2) is 5.82 Å². The number of rotatable bonds is 6. The van der Waals surface area contributed by atoms with Gasteiger partial charge in [-0.3, -0.25) is 4.40 Å². The van der Waals surface area contributed by atoms with Gasteiger partial charge in [-0.25, -0.2) is 4.98 Å². The van der Waals surface area contributed by atoms with Crippen molar-refractivity contribution in [2.24, 2.45) is 0 Å². The van der Waals surface area contributed by atoms with E-state index in [9.17, 15) is 0 Å². The third kappa shape index (κ3) is 3.01. The lowest BCUT2D eigenvalue weighted by Gasteiger charge is -2.11. The molecule has 2 aromatic heterocycles. The van der Waals surface area contributed by atoms with Gasteiger partial charge in [-0.05, 0) is 19.3 Å². The zero-order valence-electron chi connectivity index (χ0n) is 11.0.